The zero-order chi connectivity index (χ0) is 18.4. The fraction of sp³-hybridized carbons (Fsp3) is 0.389. The predicted octanol–water partition coefficient (Wildman–Crippen LogP) is 2.41. The molecule has 0 saturated carbocycles. The number of benzene rings is 2. The standard InChI is InChI=1S/C18H23BO6/c1-18(2,3)12-23-10-11-24-17(20)15-9-8-13-6-4-5-7-14(13)16(15)25-19(21)22/h4-9,21-22H,10-12H2,1-3H3. The first kappa shape index (κ1) is 19.2. The number of carbonyl (C=O) groups is 1. The first-order valence-electron chi connectivity index (χ1n) is 8.07. The van der Waals surface area contributed by atoms with E-state index in [-0.39, 0.29) is 29.9 Å². The van der Waals surface area contributed by atoms with E-state index < -0.39 is 13.3 Å². The van der Waals surface area contributed by atoms with Crippen molar-refractivity contribution in [3.05, 3.63) is 42.0 Å². The van der Waals surface area contributed by atoms with Crippen molar-refractivity contribution in [2.75, 3.05) is 19.8 Å². The number of carbonyl (C=O) groups excluding carboxylic acids is 1. The van der Waals surface area contributed by atoms with Gasteiger partial charge in [-0.1, -0.05) is 51.1 Å². The third-order valence-electron chi connectivity index (χ3n) is 3.32. The topological polar surface area (TPSA) is 85.2 Å². The molecule has 0 aliphatic carbocycles. The van der Waals surface area contributed by atoms with E-state index in [1.54, 1.807) is 24.3 Å². The molecule has 0 bridgehead atoms. The molecule has 2 aromatic rings. The van der Waals surface area contributed by atoms with Gasteiger partial charge < -0.3 is 24.2 Å². The van der Waals surface area contributed by atoms with Crippen LogP contribution in [-0.4, -0.2) is 43.2 Å². The normalized spacial score (nSPS) is 11.4. The van der Waals surface area contributed by atoms with E-state index in [1.807, 2.05) is 12.1 Å². The lowest BCUT2D eigenvalue weighted by atomic mass is 9.99. The molecular weight excluding hydrogens is 323 g/mol. The van der Waals surface area contributed by atoms with Crippen LogP contribution in [0.4, 0.5) is 0 Å². The summed E-state index contributed by atoms with van der Waals surface area (Å²) in [4.78, 5) is 12.3. The second-order valence-corrected chi connectivity index (χ2v) is 6.86. The van der Waals surface area contributed by atoms with Crippen molar-refractivity contribution >= 4 is 24.1 Å². The Balaban J connectivity index is 2.09. The summed E-state index contributed by atoms with van der Waals surface area (Å²) >= 11 is 0. The zero-order valence-corrected chi connectivity index (χ0v) is 14.7. The third kappa shape index (κ3) is 5.74. The van der Waals surface area contributed by atoms with Crippen LogP contribution in [0.1, 0.15) is 31.1 Å². The first-order chi connectivity index (χ1) is 11.8. The maximum absolute atomic E-state index is 12.3. The Morgan fingerprint density at radius 2 is 1.80 bits per heavy atom. The van der Waals surface area contributed by atoms with Crippen molar-refractivity contribution in [1.29, 1.82) is 0 Å². The monoisotopic (exact) mass is 346 g/mol. The molecule has 2 N–H and O–H groups in total. The Labute approximate surface area is 147 Å². The number of esters is 1. The summed E-state index contributed by atoms with van der Waals surface area (Å²) in [6.45, 7) is 7.11. The van der Waals surface area contributed by atoms with Crippen LogP contribution in [-0.2, 0) is 9.47 Å². The second kappa shape index (κ2) is 8.33. The number of hydrogen-bond acceptors (Lipinski definition) is 6. The van der Waals surface area contributed by atoms with Gasteiger partial charge in [-0.2, -0.15) is 0 Å². The van der Waals surface area contributed by atoms with Crippen molar-refractivity contribution in [3.8, 4) is 5.75 Å². The van der Waals surface area contributed by atoms with Crippen LogP contribution in [0.25, 0.3) is 10.8 Å². The lowest BCUT2D eigenvalue weighted by molar-refractivity contribution is 0.0178. The number of fused-ring (bicyclic) bond motifs is 1. The van der Waals surface area contributed by atoms with Crippen LogP contribution in [0, 0.1) is 5.41 Å². The second-order valence-electron chi connectivity index (χ2n) is 6.86. The summed E-state index contributed by atoms with van der Waals surface area (Å²) in [7, 11) is -2.03. The van der Waals surface area contributed by atoms with E-state index in [1.165, 1.54) is 0 Å². The molecule has 0 aromatic heterocycles. The maximum atomic E-state index is 12.3. The maximum Gasteiger partial charge on any atom is 0.707 e. The summed E-state index contributed by atoms with van der Waals surface area (Å²) in [5.41, 5.74) is 0.170. The molecule has 0 atom stereocenters. The van der Waals surface area contributed by atoms with Crippen LogP contribution in [0.5, 0.6) is 5.75 Å². The molecule has 0 heterocycles. The average Bonchev–Trinajstić information content (AvgIpc) is 2.53. The van der Waals surface area contributed by atoms with Crippen molar-refractivity contribution in [2.45, 2.75) is 20.8 Å². The zero-order valence-electron chi connectivity index (χ0n) is 14.7. The molecule has 25 heavy (non-hydrogen) atoms. The van der Waals surface area contributed by atoms with Crippen LogP contribution >= 0.6 is 0 Å². The highest BCUT2D eigenvalue weighted by molar-refractivity contribution is 6.34. The lowest BCUT2D eigenvalue weighted by Gasteiger charge is -2.18. The molecular formula is C18H23BO6. The fourth-order valence-electron chi connectivity index (χ4n) is 2.29. The van der Waals surface area contributed by atoms with E-state index in [0.29, 0.717) is 12.0 Å². The Bertz CT molecular complexity index is 723. The van der Waals surface area contributed by atoms with Crippen LogP contribution in [0.3, 0.4) is 0 Å². The van der Waals surface area contributed by atoms with Crippen LogP contribution < -0.4 is 4.65 Å². The molecule has 2 rings (SSSR count). The first-order valence-corrected chi connectivity index (χ1v) is 8.07. The van der Waals surface area contributed by atoms with Gasteiger partial charge in [0.05, 0.1) is 13.2 Å². The molecule has 0 fully saturated rings. The van der Waals surface area contributed by atoms with Gasteiger partial charge in [-0.25, -0.2) is 4.79 Å². The van der Waals surface area contributed by atoms with E-state index in [0.717, 1.165) is 5.39 Å². The van der Waals surface area contributed by atoms with Crippen molar-refractivity contribution < 1.29 is 29.0 Å². The third-order valence-corrected chi connectivity index (χ3v) is 3.32. The molecule has 2 aromatic carbocycles. The van der Waals surface area contributed by atoms with Crippen LogP contribution in [0.2, 0.25) is 0 Å². The van der Waals surface area contributed by atoms with Gasteiger partial charge in [-0.15, -0.1) is 0 Å². The quantitative estimate of drug-likeness (QED) is 0.455. The lowest BCUT2D eigenvalue weighted by Crippen LogP contribution is -2.23. The summed E-state index contributed by atoms with van der Waals surface area (Å²) in [5, 5.41) is 19.7. The molecule has 0 unspecified atom stereocenters. The van der Waals surface area contributed by atoms with Gasteiger partial charge in [0, 0.05) is 5.39 Å². The molecule has 0 aliphatic heterocycles. The smallest absolute Gasteiger partial charge is 0.511 e. The molecule has 0 amide bonds. The summed E-state index contributed by atoms with van der Waals surface area (Å²) in [6, 6.07) is 10.5. The average molecular weight is 346 g/mol. The van der Waals surface area contributed by atoms with Gasteiger partial charge in [0.1, 0.15) is 17.9 Å². The predicted molar refractivity (Wildman–Crippen MR) is 95.3 cm³/mol. The van der Waals surface area contributed by atoms with Gasteiger partial charge in [-0.05, 0) is 16.9 Å². The Morgan fingerprint density at radius 3 is 2.48 bits per heavy atom. The minimum Gasteiger partial charge on any atom is -0.511 e. The minimum atomic E-state index is -2.03. The van der Waals surface area contributed by atoms with Crippen LogP contribution in [0.15, 0.2) is 36.4 Å². The largest absolute Gasteiger partial charge is 0.707 e. The van der Waals surface area contributed by atoms with Crippen molar-refractivity contribution in [3.63, 3.8) is 0 Å². The molecule has 0 aliphatic rings. The fourth-order valence-corrected chi connectivity index (χ4v) is 2.29. The van der Waals surface area contributed by atoms with Gasteiger partial charge in [0.2, 0.25) is 0 Å². The van der Waals surface area contributed by atoms with E-state index in [2.05, 4.69) is 20.8 Å². The Hall–Kier alpha value is -2.09. The van der Waals surface area contributed by atoms with Gasteiger partial charge in [0.25, 0.3) is 0 Å². The highest BCUT2D eigenvalue weighted by atomic mass is 16.6. The molecule has 0 spiro atoms. The molecule has 0 saturated heterocycles. The van der Waals surface area contributed by atoms with Gasteiger partial charge in [-0.3, -0.25) is 0 Å². The molecule has 134 valence electrons. The minimum absolute atomic E-state index is 0.0423. The Kier molecular flexibility index (Phi) is 6.41. The molecule has 6 nitrogen and oxygen atoms in total. The van der Waals surface area contributed by atoms with E-state index in [4.69, 9.17) is 24.2 Å². The number of rotatable bonds is 7. The molecule has 0 radical (unpaired) electrons. The number of hydrogen-bond donors (Lipinski definition) is 2. The summed E-state index contributed by atoms with van der Waals surface area (Å²) in [6.07, 6.45) is 0. The SMILES string of the molecule is CC(C)(C)COCCOC(=O)c1ccc2ccccc2c1OB(O)O. The summed E-state index contributed by atoms with van der Waals surface area (Å²) < 4.78 is 15.7. The summed E-state index contributed by atoms with van der Waals surface area (Å²) in [5.74, 6) is -0.533. The van der Waals surface area contributed by atoms with Gasteiger partial charge in [0.15, 0.2) is 0 Å². The van der Waals surface area contributed by atoms with Crippen molar-refractivity contribution in [1.82, 2.24) is 0 Å². The number of ether oxygens (including phenoxy) is 2. The van der Waals surface area contributed by atoms with Crippen molar-refractivity contribution in [2.24, 2.45) is 5.41 Å². The molecule has 7 heteroatoms. The van der Waals surface area contributed by atoms with E-state index in [9.17, 15) is 4.79 Å². The van der Waals surface area contributed by atoms with Gasteiger partial charge >= 0.3 is 13.3 Å². The highest BCUT2D eigenvalue weighted by Crippen LogP contribution is 2.30. The Morgan fingerprint density at radius 1 is 1.08 bits per heavy atom. The highest BCUT2D eigenvalue weighted by Gasteiger charge is 2.22. The van der Waals surface area contributed by atoms with E-state index >= 15 is 0 Å².